The number of aromatic nitrogens is 2. The van der Waals surface area contributed by atoms with Crippen molar-refractivity contribution in [2.24, 2.45) is 18.9 Å². The summed E-state index contributed by atoms with van der Waals surface area (Å²) in [6.45, 7) is 3.84. The summed E-state index contributed by atoms with van der Waals surface area (Å²) in [6.07, 6.45) is 11.5. The second-order valence-electron chi connectivity index (χ2n) is 8.31. The fraction of sp³-hybridized carbons (Fsp3) is 0.789. The maximum absolute atomic E-state index is 12.8. The summed E-state index contributed by atoms with van der Waals surface area (Å²) in [4.78, 5) is 14.7. The molecule has 3 unspecified atom stereocenters. The molecular weight excluding hydrogens is 316 g/mol. The first kappa shape index (κ1) is 16.9. The van der Waals surface area contributed by atoms with Gasteiger partial charge in [0.05, 0.1) is 19.3 Å². The summed E-state index contributed by atoms with van der Waals surface area (Å²) in [5, 5.41) is 7.56. The topological polar surface area (TPSA) is 59.4 Å². The second kappa shape index (κ2) is 6.63. The highest BCUT2D eigenvalue weighted by molar-refractivity contribution is 5.74. The van der Waals surface area contributed by atoms with Gasteiger partial charge in [-0.05, 0) is 44.4 Å². The van der Waals surface area contributed by atoms with Crippen molar-refractivity contribution in [3.05, 3.63) is 18.0 Å². The highest BCUT2D eigenvalue weighted by Gasteiger charge is 2.38. The van der Waals surface area contributed by atoms with Crippen molar-refractivity contribution in [1.82, 2.24) is 20.0 Å². The highest BCUT2D eigenvalue weighted by atomic mass is 16.5. The van der Waals surface area contributed by atoms with Crippen LogP contribution in [0.25, 0.3) is 0 Å². The van der Waals surface area contributed by atoms with E-state index in [-0.39, 0.29) is 6.03 Å². The Labute approximate surface area is 149 Å². The molecule has 2 amide bonds. The first-order chi connectivity index (χ1) is 12.0. The summed E-state index contributed by atoms with van der Waals surface area (Å²) in [5.41, 5.74) is 0.548. The SMILES string of the molecule is Cn1cc(C2(C)CN(C(=O)NC3CCCC(C4CC4)C3)CCO2)cn1. The Morgan fingerprint density at radius 3 is 2.88 bits per heavy atom. The Kier molecular flexibility index (Phi) is 4.48. The number of morpholine rings is 1. The van der Waals surface area contributed by atoms with E-state index in [1.165, 1.54) is 32.1 Å². The molecule has 3 fully saturated rings. The molecule has 1 aliphatic heterocycles. The number of hydrogen-bond donors (Lipinski definition) is 1. The average Bonchev–Trinajstić information content (AvgIpc) is 3.36. The van der Waals surface area contributed by atoms with Gasteiger partial charge in [-0.15, -0.1) is 0 Å². The average molecular weight is 346 g/mol. The normalized spacial score (nSPS) is 33.3. The molecule has 1 aromatic rings. The largest absolute Gasteiger partial charge is 0.367 e. The van der Waals surface area contributed by atoms with Crippen LogP contribution < -0.4 is 5.32 Å². The maximum atomic E-state index is 12.8. The number of urea groups is 1. The van der Waals surface area contributed by atoms with Crippen molar-refractivity contribution in [1.29, 1.82) is 0 Å². The van der Waals surface area contributed by atoms with E-state index in [4.69, 9.17) is 4.74 Å². The van der Waals surface area contributed by atoms with Crippen LogP contribution in [-0.4, -0.2) is 46.4 Å². The minimum absolute atomic E-state index is 0.0693. The number of rotatable bonds is 3. The van der Waals surface area contributed by atoms with Crippen LogP contribution in [0.2, 0.25) is 0 Å². The molecule has 1 saturated heterocycles. The molecule has 138 valence electrons. The first-order valence-electron chi connectivity index (χ1n) is 9.72. The number of amides is 2. The lowest BCUT2D eigenvalue weighted by Gasteiger charge is -2.41. The van der Waals surface area contributed by atoms with Gasteiger partial charge < -0.3 is 15.0 Å². The van der Waals surface area contributed by atoms with E-state index in [1.807, 2.05) is 31.3 Å². The number of nitrogens with one attached hydrogen (secondary N) is 1. The number of carbonyl (C=O) groups excluding carboxylic acids is 1. The van der Waals surface area contributed by atoms with Gasteiger partial charge in [0.1, 0.15) is 5.60 Å². The van der Waals surface area contributed by atoms with Gasteiger partial charge in [0, 0.05) is 31.4 Å². The molecule has 2 saturated carbocycles. The van der Waals surface area contributed by atoms with Crippen LogP contribution in [0, 0.1) is 11.8 Å². The molecule has 1 aromatic heterocycles. The van der Waals surface area contributed by atoms with Crippen LogP contribution in [0.15, 0.2) is 12.4 Å². The van der Waals surface area contributed by atoms with E-state index in [0.717, 1.165) is 23.8 Å². The Hall–Kier alpha value is -1.56. The highest BCUT2D eigenvalue weighted by Crippen LogP contribution is 2.43. The van der Waals surface area contributed by atoms with Crippen molar-refractivity contribution >= 4 is 6.03 Å². The minimum atomic E-state index is -0.479. The Morgan fingerprint density at radius 2 is 2.16 bits per heavy atom. The molecule has 25 heavy (non-hydrogen) atoms. The molecule has 4 rings (SSSR count). The van der Waals surface area contributed by atoms with Gasteiger partial charge >= 0.3 is 6.03 Å². The Balaban J connectivity index is 1.36. The van der Waals surface area contributed by atoms with Crippen LogP contribution in [0.5, 0.6) is 0 Å². The monoisotopic (exact) mass is 346 g/mol. The minimum Gasteiger partial charge on any atom is -0.367 e. The van der Waals surface area contributed by atoms with Crippen molar-refractivity contribution < 1.29 is 9.53 Å². The Bertz CT molecular complexity index is 627. The number of aryl methyl sites for hydroxylation is 1. The van der Waals surface area contributed by atoms with Crippen LogP contribution in [0.1, 0.15) is 51.0 Å². The molecule has 0 aromatic carbocycles. The standard InChI is InChI=1S/C19H30N4O2/c1-19(16-11-20-22(2)12-16)13-23(8-9-25-19)18(24)21-17-5-3-4-15(10-17)14-6-7-14/h11-12,14-15,17H,3-10,13H2,1-2H3,(H,21,24). The molecule has 3 atom stereocenters. The summed E-state index contributed by atoms with van der Waals surface area (Å²) in [6, 6.07) is 0.416. The predicted octanol–water partition coefficient (Wildman–Crippen LogP) is 2.65. The van der Waals surface area contributed by atoms with Crippen LogP contribution in [0.3, 0.4) is 0 Å². The van der Waals surface area contributed by atoms with Crippen LogP contribution >= 0.6 is 0 Å². The molecule has 0 spiro atoms. The molecule has 6 nitrogen and oxygen atoms in total. The van der Waals surface area contributed by atoms with Crippen molar-refractivity contribution in [2.45, 2.75) is 57.1 Å². The van der Waals surface area contributed by atoms with E-state index in [2.05, 4.69) is 10.4 Å². The van der Waals surface area contributed by atoms with Crippen molar-refractivity contribution in [2.75, 3.05) is 19.7 Å². The van der Waals surface area contributed by atoms with E-state index in [9.17, 15) is 4.79 Å². The third-order valence-corrected chi connectivity index (χ3v) is 6.21. The molecular formula is C19H30N4O2. The summed E-state index contributed by atoms with van der Waals surface area (Å²) < 4.78 is 7.80. The number of ether oxygens (including phenoxy) is 1. The van der Waals surface area contributed by atoms with Gasteiger partial charge in [-0.2, -0.15) is 5.10 Å². The van der Waals surface area contributed by atoms with Gasteiger partial charge in [-0.25, -0.2) is 4.79 Å². The van der Waals surface area contributed by atoms with Gasteiger partial charge in [0.2, 0.25) is 0 Å². The number of hydrogen-bond acceptors (Lipinski definition) is 3. The Morgan fingerprint density at radius 1 is 1.32 bits per heavy atom. The smallest absolute Gasteiger partial charge is 0.317 e. The van der Waals surface area contributed by atoms with Gasteiger partial charge in [-0.1, -0.05) is 12.8 Å². The summed E-state index contributed by atoms with van der Waals surface area (Å²) >= 11 is 0. The zero-order valence-corrected chi connectivity index (χ0v) is 15.4. The molecule has 2 heterocycles. The van der Waals surface area contributed by atoms with Crippen LogP contribution in [0.4, 0.5) is 4.79 Å². The third kappa shape index (κ3) is 3.68. The first-order valence-corrected chi connectivity index (χ1v) is 9.72. The van der Waals surface area contributed by atoms with Crippen molar-refractivity contribution in [3.63, 3.8) is 0 Å². The summed E-state index contributed by atoms with van der Waals surface area (Å²) in [5.74, 6) is 1.78. The van der Waals surface area contributed by atoms with E-state index in [0.29, 0.717) is 25.7 Å². The fourth-order valence-corrected chi connectivity index (χ4v) is 4.53. The third-order valence-electron chi connectivity index (χ3n) is 6.21. The quantitative estimate of drug-likeness (QED) is 0.915. The zero-order valence-electron chi connectivity index (χ0n) is 15.4. The van der Waals surface area contributed by atoms with E-state index >= 15 is 0 Å². The summed E-state index contributed by atoms with van der Waals surface area (Å²) in [7, 11) is 1.90. The number of carbonyl (C=O) groups is 1. The molecule has 1 N–H and O–H groups in total. The molecule has 3 aliphatic rings. The zero-order chi connectivity index (χ0) is 17.4. The van der Waals surface area contributed by atoms with E-state index in [1.54, 1.807) is 4.68 Å². The lowest BCUT2D eigenvalue weighted by Crippen LogP contribution is -2.55. The van der Waals surface area contributed by atoms with Gasteiger partial charge in [-0.3, -0.25) is 4.68 Å². The predicted molar refractivity (Wildman–Crippen MR) is 95.1 cm³/mol. The second-order valence-corrected chi connectivity index (χ2v) is 8.31. The molecule has 2 aliphatic carbocycles. The maximum Gasteiger partial charge on any atom is 0.317 e. The number of nitrogens with zero attached hydrogens (tertiary/aromatic N) is 3. The molecule has 0 radical (unpaired) electrons. The lowest BCUT2D eigenvalue weighted by atomic mass is 9.83. The molecule has 6 heteroatoms. The van der Waals surface area contributed by atoms with Crippen LogP contribution in [-0.2, 0) is 17.4 Å². The van der Waals surface area contributed by atoms with Gasteiger partial charge in [0.15, 0.2) is 0 Å². The van der Waals surface area contributed by atoms with E-state index < -0.39 is 5.60 Å². The van der Waals surface area contributed by atoms with Gasteiger partial charge in [0.25, 0.3) is 0 Å². The lowest BCUT2D eigenvalue weighted by molar-refractivity contribution is -0.0909. The molecule has 0 bridgehead atoms. The van der Waals surface area contributed by atoms with Crippen molar-refractivity contribution in [3.8, 4) is 0 Å². The fourth-order valence-electron chi connectivity index (χ4n) is 4.53.